The lowest BCUT2D eigenvalue weighted by molar-refractivity contribution is 0.0121. The summed E-state index contributed by atoms with van der Waals surface area (Å²) in [5.41, 5.74) is -0.562. The molecule has 0 saturated carbocycles. The van der Waals surface area contributed by atoms with Crippen LogP contribution in [0.2, 0.25) is 0 Å². The van der Waals surface area contributed by atoms with E-state index in [2.05, 4.69) is 4.98 Å². The monoisotopic (exact) mass is 281 g/mol. The van der Waals surface area contributed by atoms with Crippen molar-refractivity contribution in [2.24, 2.45) is 0 Å². The molecular formula is C13H19N3O4. The first kappa shape index (κ1) is 14.4. The van der Waals surface area contributed by atoms with Gasteiger partial charge in [-0.1, -0.05) is 0 Å². The molecule has 0 fully saturated rings. The molecule has 7 nitrogen and oxygen atoms in total. The molecule has 1 atom stereocenters. The highest BCUT2D eigenvalue weighted by Gasteiger charge is 2.33. The Morgan fingerprint density at radius 2 is 2.05 bits per heavy atom. The molecule has 1 aliphatic rings. The van der Waals surface area contributed by atoms with Crippen LogP contribution in [0.4, 0.5) is 4.79 Å². The molecule has 0 aliphatic carbocycles. The van der Waals surface area contributed by atoms with E-state index in [1.165, 1.54) is 6.20 Å². The molecule has 1 aliphatic heterocycles. The van der Waals surface area contributed by atoms with Gasteiger partial charge in [0, 0.05) is 19.3 Å². The Bertz CT molecular complexity index is 544. The summed E-state index contributed by atoms with van der Waals surface area (Å²) in [5.74, 6) is -0.498. The third-order valence-corrected chi connectivity index (χ3v) is 3.08. The van der Waals surface area contributed by atoms with E-state index >= 15 is 0 Å². The molecule has 20 heavy (non-hydrogen) atoms. The lowest BCUT2D eigenvalue weighted by Crippen LogP contribution is -2.43. The lowest BCUT2D eigenvalue weighted by Gasteiger charge is -2.34. The van der Waals surface area contributed by atoms with Crippen LogP contribution in [0.1, 0.15) is 50.0 Å². The first-order chi connectivity index (χ1) is 9.19. The number of aromatic carboxylic acids is 1. The third kappa shape index (κ3) is 2.76. The fraction of sp³-hybridized carbons (Fsp3) is 0.615. The van der Waals surface area contributed by atoms with E-state index in [4.69, 9.17) is 9.84 Å². The Labute approximate surface area is 117 Å². The molecule has 1 N–H and O–H groups in total. The van der Waals surface area contributed by atoms with Gasteiger partial charge in [-0.05, 0) is 27.7 Å². The van der Waals surface area contributed by atoms with Gasteiger partial charge in [-0.3, -0.25) is 4.90 Å². The maximum Gasteiger partial charge on any atom is 0.410 e. The summed E-state index contributed by atoms with van der Waals surface area (Å²) in [6.07, 6.45) is 1.09. The van der Waals surface area contributed by atoms with Crippen molar-refractivity contribution in [1.82, 2.24) is 14.5 Å². The van der Waals surface area contributed by atoms with Crippen molar-refractivity contribution in [2.75, 3.05) is 6.54 Å². The highest BCUT2D eigenvalue weighted by molar-refractivity contribution is 5.85. The maximum absolute atomic E-state index is 12.1. The summed E-state index contributed by atoms with van der Waals surface area (Å²) in [6.45, 7) is 8.22. The molecule has 0 radical (unpaired) electrons. The SMILES string of the molecule is CC1c2nc(C(=O)O)cn2CCN1C(=O)OC(C)(C)C. The van der Waals surface area contributed by atoms with Gasteiger partial charge in [-0.25, -0.2) is 14.6 Å². The molecule has 1 amide bonds. The van der Waals surface area contributed by atoms with Crippen LogP contribution in [-0.4, -0.2) is 43.8 Å². The van der Waals surface area contributed by atoms with Crippen molar-refractivity contribution < 1.29 is 19.4 Å². The first-order valence-electron chi connectivity index (χ1n) is 6.49. The smallest absolute Gasteiger partial charge is 0.410 e. The third-order valence-electron chi connectivity index (χ3n) is 3.08. The summed E-state index contributed by atoms with van der Waals surface area (Å²) in [5, 5.41) is 8.97. The van der Waals surface area contributed by atoms with Crippen molar-refractivity contribution in [3.05, 3.63) is 17.7 Å². The Morgan fingerprint density at radius 3 is 2.60 bits per heavy atom. The highest BCUT2D eigenvalue weighted by Crippen LogP contribution is 2.26. The Hall–Kier alpha value is -2.05. The number of rotatable bonds is 1. The number of carbonyl (C=O) groups is 2. The fourth-order valence-corrected chi connectivity index (χ4v) is 2.16. The minimum absolute atomic E-state index is 0.00195. The number of carboxylic acids is 1. The van der Waals surface area contributed by atoms with Gasteiger partial charge in [0.2, 0.25) is 0 Å². The molecule has 0 saturated heterocycles. The summed E-state index contributed by atoms with van der Waals surface area (Å²) >= 11 is 0. The molecule has 110 valence electrons. The van der Waals surface area contributed by atoms with Gasteiger partial charge < -0.3 is 14.4 Å². The van der Waals surface area contributed by atoms with Gasteiger partial charge in [0.05, 0.1) is 6.04 Å². The number of hydrogen-bond donors (Lipinski definition) is 1. The first-order valence-corrected chi connectivity index (χ1v) is 6.49. The average molecular weight is 281 g/mol. The van der Waals surface area contributed by atoms with E-state index < -0.39 is 17.7 Å². The number of amides is 1. The average Bonchev–Trinajstić information content (AvgIpc) is 2.71. The number of carboxylic acid groups (broad SMARTS) is 1. The van der Waals surface area contributed by atoms with Crippen molar-refractivity contribution >= 4 is 12.1 Å². The number of imidazole rings is 1. The van der Waals surface area contributed by atoms with E-state index in [-0.39, 0.29) is 11.7 Å². The van der Waals surface area contributed by atoms with Crippen LogP contribution in [0.5, 0.6) is 0 Å². The maximum atomic E-state index is 12.1. The Balaban J connectivity index is 2.21. The van der Waals surface area contributed by atoms with Crippen LogP contribution in [0.25, 0.3) is 0 Å². The molecule has 7 heteroatoms. The predicted octanol–water partition coefficient (Wildman–Crippen LogP) is 1.89. The van der Waals surface area contributed by atoms with Gasteiger partial charge in [-0.15, -0.1) is 0 Å². The predicted molar refractivity (Wildman–Crippen MR) is 70.5 cm³/mol. The second-order valence-electron chi connectivity index (χ2n) is 5.83. The Morgan fingerprint density at radius 1 is 1.40 bits per heavy atom. The number of fused-ring (bicyclic) bond motifs is 1. The molecule has 2 rings (SSSR count). The Kier molecular flexibility index (Phi) is 3.45. The number of hydrogen-bond acceptors (Lipinski definition) is 4. The van der Waals surface area contributed by atoms with E-state index in [9.17, 15) is 9.59 Å². The van der Waals surface area contributed by atoms with E-state index in [1.54, 1.807) is 9.47 Å². The van der Waals surface area contributed by atoms with Gasteiger partial charge in [0.1, 0.15) is 11.4 Å². The second kappa shape index (κ2) is 4.81. The topological polar surface area (TPSA) is 84.7 Å². The summed E-state index contributed by atoms with van der Waals surface area (Å²) < 4.78 is 7.12. The number of carbonyl (C=O) groups excluding carboxylic acids is 1. The van der Waals surface area contributed by atoms with Crippen molar-refractivity contribution in [1.29, 1.82) is 0 Å². The van der Waals surface area contributed by atoms with Crippen molar-refractivity contribution in [3.63, 3.8) is 0 Å². The fourth-order valence-electron chi connectivity index (χ4n) is 2.16. The van der Waals surface area contributed by atoms with Gasteiger partial charge in [-0.2, -0.15) is 0 Å². The quantitative estimate of drug-likeness (QED) is 0.849. The largest absolute Gasteiger partial charge is 0.476 e. The van der Waals surface area contributed by atoms with Gasteiger partial charge >= 0.3 is 12.1 Å². The lowest BCUT2D eigenvalue weighted by atomic mass is 10.2. The normalized spacial score (nSPS) is 18.6. The van der Waals surface area contributed by atoms with Gasteiger partial charge in [0.25, 0.3) is 0 Å². The zero-order valence-corrected chi connectivity index (χ0v) is 12.1. The van der Waals surface area contributed by atoms with Crippen molar-refractivity contribution in [2.45, 2.75) is 45.9 Å². The molecule has 2 heterocycles. The number of aromatic nitrogens is 2. The number of ether oxygens (including phenoxy) is 1. The zero-order chi connectivity index (χ0) is 15.1. The summed E-state index contributed by atoms with van der Waals surface area (Å²) in [4.78, 5) is 28.7. The van der Waals surface area contributed by atoms with Crippen LogP contribution in [0, 0.1) is 0 Å². The van der Waals surface area contributed by atoms with Crippen LogP contribution in [0.15, 0.2) is 6.20 Å². The van der Waals surface area contributed by atoms with E-state index in [1.807, 2.05) is 27.7 Å². The molecule has 0 bridgehead atoms. The zero-order valence-electron chi connectivity index (χ0n) is 12.1. The van der Waals surface area contributed by atoms with Crippen LogP contribution in [0.3, 0.4) is 0 Å². The second-order valence-corrected chi connectivity index (χ2v) is 5.83. The van der Waals surface area contributed by atoms with E-state index in [0.717, 1.165) is 0 Å². The minimum Gasteiger partial charge on any atom is -0.476 e. The molecule has 0 aromatic carbocycles. The van der Waals surface area contributed by atoms with Crippen LogP contribution < -0.4 is 0 Å². The molecule has 0 spiro atoms. The molecule has 1 aromatic rings. The minimum atomic E-state index is -1.07. The van der Waals surface area contributed by atoms with Crippen molar-refractivity contribution in [3.8, 4) is 0 Å². The van der Waals surface area contributed by atoms with Crippen LogP contribution in [-0.2, 0) is 11.3 Å². The molecule has 1 aromatic heterocycles. The van der Waals surface area contributed by atoms with E-state index in [0.29, 0.717) is 18.9 Å². The van der Waals surface area contributed by atoms with Crippen LogP contribution >= 0.6 is 0 Å². The summed E-state index contributed by atoms with van der Waals surface area (Å²) in [7, 11) is 0. The standard InChI is InChI=1S/C13H19N3O4/c1-8-10-14-9(11(17)18)7-15(10)5-6-16(8)12(19)20-13(2,3)4/h7-8H,5-6H2,1-4H3,(H,17,18). The summed E-state index contributed by atoms with van der Waals surface area (Å²) in [6, 6.07) is -0.313. The number of nitrogens with zero attached hydrogens (tertiary/aromatic N) is 3. The van der Waals surface area contributed by atoms with Gasteiger partial charge in [0.15, 0.2) is 5.69 Å². The molecular weight excluding hydrogens is 262 g/mol. The highest BCUT2D eigenvalue weighted by atomic mass is 16.6. The molecule has 1 unspecified atom stereocenters.